The van der Waals surface area contributed by atoms with Gasteiger partial charge in [-0.2, -0.15) is 0 Å². The van der Waals surface area contributed by atoms with E-state index < -0.39 is 6.04 Å². The molecule has 20 heavy (non-hydrogen) atoms. The molecule has 3 rings (SSSR count). The molecule has 0 amide bonds. The van der Waals surface area contributed by atoms with Crippen LogP contribution in [-0.4, -0.2) is 0 Å². The number of hydrogen-bond donors (Lipinski definition) is 1. The van der Waals surface area contributed by atoms with Crippen LogP contribution < -0.4 is 5.73 Å². The Bertz CT molecular complexity index is 599. The molecule has 1 unspecified atom stereocenters. The topological polar surface area (TPSA) is 26.0 Å². The highest BCUT2D eigenvalue weighted by Gasteiger charge is 2.19. The second kappa shape index (κ2) is 5.84. The summed E-state index contributed by atoms with van der Waals surface area (Å²) in [5.74, 6) is -0.325. The molecule has 1 heterocycles. The Kier molecular flexibility index (Phi) is 4.11. The van der Waals surface area contributed by atoms with E-state index in [-0.39, 0.29) is 5.82 Å². The lowest BCUT2D eigenvalue weighted by molar-refractivity contribution is 0.601. The fourth-order valence-corrected chi connectivity index (χ4v) is 4.19. The van der Waals surface area contributed by atoms with Gasteiger partial charge >= 0.3 is 0 Å². The van der Waals surface area contributed by atoms with Crippen LogP contribution in [0.5, 0.6) is 0 Å². The van der Waals surface area contributed by atoms with Crippen molar-refractivity contribution in [2.75, 3.05) is 0 Å². The molecule has 2 aromatic rings. The average molecular weight is 310 g/mol. The van der Waals surface area contributed by atoms with Gasteiger partial charge in [-0.05, 0) is 49.4 Å². The monoisotopic (exact) mass is 309 g/mol. The Hall–Kier alpha value is -0.900. The van der Waals surface area contributed by atoms with Crippen molar-refractivity contribution in [3.8, 4) is 0 Å². The van der Waals surface area contributed by atoms with Crippen molar-refractivity contribution in [3.63, 3.8) is 0 Å². The van der Waals surface area contributed by atoms with Gasteiger partial charge < -0.3 is 5.73 Å². The molecule has 0 bridgehead atoms. The number of nitrogens with two attached hydrogens (primary N) is 1. The maximum Gasteiger partial charge on any atom is 0.129 e. The lowest BCUT2D eigenvalue weighted by Gasteiger charge is -2.11. The number of hydrogen-bond acceptors (Lipinski definition) is 2. The molecule has 0 fully saturated rings. The molecular formula is C16H17ClFNS. The van der Waals surface area contributed by atoms with Crippen molar-refractivity contribution < 1.29 is 4.39 Å². The van der Waals surface area contributed by atoms with Gasteiger partial charge in [-0.3, -0.25) is 0 Å². The standard InChI is InChI=1S/C16H17ClFNS/c17-11-6-7-12(13(18)9-11)16(19)15-8-10-4-2-1-3-5-14(10)20-15/h6-9,16H,1-5,19H2. The van der Waals surface area contributed by atoms with Crippen LogP contribution in [0.25, 0.3) is 0 Å². The van der Waals surface area contributed by atoms with Gasteiger partial charge in [0.1, 0.15) is 5.82 Å². The number of aryl methyl sites for hydroxylation is 2. The van der Waals surface area contributed by atoms with E-state index >= 15 is 0 Å². The van der Waals surface area contributed by atoms with Gasteiger partial charge in [0.2, 0.25) is 0 Å². The van der Waals surface area contributed by atoms with E-state index in [0.717, 1.165) is 17.7 Å². The van der Waals surface area contributed by atoms with Gasteiger partial charge in [0, 0.05) is 20.3 Å². The minimum Gasteiger partial charge on any atom is -0.320 e. The summed E-state index contributed by atoms with van der Waals surface area (Å²) in [4.78, 5) is 2.49. The maximum absolute atomic E-state index is 14.0. The number of rotatable bonds is 2. The van der Waals surface area contributed by atoms with Crippen LogP contribution in [0.4, 0.5) is 4.39 Å². The molecule has 0 saturated carbocycles. The van der Waals surface area contributed by atoms with Crippen molar-refractivity contribution in [2.45, 2.75) is 38.1 Å². The Balaban J connectivity index is 1.92. The minimum atomic E-state index is -0.399. The second-order valence-corrected chi connectivity index (χ2v) is 6.91. The number of fused-ring (bicyclic) bond motifs is 1. The normalized spacial score (nSPS) is 16.6. The summed E-state index contributed by atoms with van der Waals surface area (Å²) in [5.41, 5.74) is 8.17. The lowest BCUT2D eigenvalue weighted by Crippen LogP contribution is -2.12. The Labute approximate surface area is 127 Å². The molecule has 0 aliphatic heterocycles. The summed E-state index contributed by atoms with van der Waals surface area (Å²) < 4.78 is 14.0. The first-order valence-electron chi connectivity index (χ1n) is 6.97. The van der Waals surface area contributed by atoms with E-state index in [4.69, 9.17) is 17.3 Å². The molecule has 106 valence electrons. The average Bonchev–Trinajstić information content (AvgIpc) is 2.69. The van der Waals surface area contributed by atoms with Gasteiger partial charge in [-0.15, -0.1) is 11.3 Å². The molecule has 1 nitrogen and oxygen atoms in total. The highest BCUT2D eigenvalue weighted by molar-refractivity contribution is 7.12. The SMILES string of the molecule is NC(c1cc2c(s1)CCCCC2)c1ccc(Cl)cc1F. The van der Waals surface area contributed by atoms with Gasteiger partial charge in [0.05, 0.1) is 6.04 Å². The molecular weight excluding hydrogens is 293 g/mol. The summed E-state index contributed by atoms with van der Waals surface area (Å²) in [6.07, 6.45) is 6.05. The van der Waals surface area contributed by atoms with Crippen LogP contribution in [0.15, 0.2) is 24.3 Å². The van der Waals surface area contributed by atoms with Crippen LogP contribution in [0.2, 0.25) is 5.02 Å². The first-order valence-corrected chi connectivity index (χ1v) is 8.16. The van der Waals surface area contributed by atoms with Crippen LogP contribution in [0.3, 0.4) is 0 Å². The predicted molar refractivity (Wildman–Crippen MR) is 83.0 cm³/mol. The molecule has 4 heteroatoms. The highest BCUT2D eigenvalue weighted by Crippen LogP contribution is 2.34. The fourth-order valence-electron chi connectivity index (χ4n) is 2.75. The summed E-state index contributed by atoms with van der Waals surface area (Å²) >= 11 is 7.53. The van der Waals surface area contributed by atoms with Crippen LogP contribution >= 0.6 is 22.9 Å². The van der Waals surface area contributed by atoms with Gasteiger partial charge in [0.15, 0.2) is 0 Å². The number of thiophene rings is 1. The van der Waals surface area contributed by atoms with Crippen molar-refractivity contribution >= 4 is 22.9 Å². The zero-order chi connectivity index (χ0) is 14.1. The third-order valence-electron chi connectivity index (χ3n) is 3.87. The molecule has 0 spiro atoms. The van der Waals surface area contributed by atoms with Crippen molar-refractivity contribution in [1.29, 1.82) is 0 Å². The summed E-state index contributed by atoms with van der Waals surface area (Å²) in [6.45, 7) is 0. The zero-order valence-electron chi connectivity index (χ0n) is 11.2. The van der Waals surface area contributed by atoms with Gasteiger partial charge in [-0.1, -0.05) is 24.1 Å². The van der Waals surface area contributed by atoms with Crippen molar-refractivity contribution in [1.82, 2.24) is 0 Å². The van der Waals surface area contributed by atoms with Crippen molar-refractivity contribution in [3.05, 3.63) is 56.0 Å². The van der Waals surface area contributed by atoms with Gasteiger partial charge in [0.25, 0.3) is 0 Å². The minimum absolute atomic E-state index is 0.325. The summed E-state index contributed by atoms with van der Waals surface area (Å²) in [6, 6.07) is 6.48. The molecule has 1 aromatic carbocycles. The van der Waals surface area contributed by atoms with Crippen LogP contribution in [0.1, 0.15) is 46.2 Å². The predicted octanol–water partition coefficient (Wildman–Crippen LogP) is 4.86. The molecule has 1 atom stereocenters. The van der Waals surface area contributed by atoms with E-state index in [0.29, 0.717) is 10.6 Å². The third kappa shape index (κ3) is 2.76. The van der Waals surface area contributed by atoms with E-state index in [2.05, 4.69) is 6.07 Å². The Morgan fingerprint density at radius 1 is 1.15 bits per heavy atom. The van der Waals surface area contributed by atoms with Crippen LogP contribution in [0, 0.1) is 5.82 Å². The Morgan fingerprint density at radius 3 is 2.75 bits per heavy atom. The third-order valence-corrected chi connectivity index (χ3v) is 5.43. The number of benzene rings is 1. The molecule has 1 aliphatic rings. The maximum atomic E-state index is 14.0. The molecule has 1 aromatic heterocycles. The summed E-state index contributed by atoms with van der Waals surface area (Å²) in [7, 11) is 0. The quantitative estimate of drug-likeness (QED) is 0.788. The van der Waals surface area contributed by atoms with Crippen molar-refractivity contribution in [2.24, 2.45) is 5.73 Å². The first-order chi connectivity index (χ1) is 9.65. The molecule has 1 aliphatic carbocycles. The molecule has 2 N–H and O–H groups in total. The van der Waals surface area contributed by atoms with E-state index in [9.17, 15) is 4.39 Å². The lowest BCUT2D eigenvalue weighted by atomic mass is 10.0. The molecule has 0 radical (unpaired) electrons. The second-order valence-electron chi connectivity index (χ2n) is 5.30. The largest absolute Gasteiger partial charge is 0.320 e. The zero-order valence-corrected chi connectivity index (χ0v) is 12.7. The smallest absolute Gasteiger partial charge is 0.129 e. The van der Waals surface area contributed by atoms with E-state index in [1.807, 2.05) is 0 Å². The summed E-state index contributed by atoms with van der Waals surface area (Å²) in [5, 5.41) is 0.403. The first kappa shape index (κ1) is 14.1. The fraction of sp³-hybridized carbons (Fsp3) is 0.375. The Morgan fingerprint density at radius 2 is 1.95 bits per heavy atom. The number of halogens is 2. The van der Waals surface area contributed by atoms with E-state index in [1.165, 1.54) is 35.8 Å². The highest BCUT2D eigenvalue weighted by atomic mass is 35.5. The van der Waals surface area contributed by atoms with E-state index in [1.54, 1.807) is 23.5 Å². The van der Waals surface area contributed by atoms with Crippen LogP contribution in [-0.2, 0) is 12.8 Å². The van der Waals surface area contributed by atoms with Gasteiger partial charge in [-0.25, -0.2) is 4.39 Å². The molecule has 0 saturated heterocycles.